The van der Waals surface area contributed by atoms with Gasteiger partial charge in [-0.1, -0.05) is 48.3 Å². The molecule has 0 spiro atoms. The van der Waals surface area contributed by atoms with Crippen molar-refractivity contribution in [2.45, 2.75) is 19.8 Å². The molecule has 0 aliphatic carbocycles. The van der Waals surface area contributed by atoms with E-state index in [0.717, 1.165) is 17.2 Å². The largest absolute Gasteiger partial charge is 0.478 e. The number of benzene rings is 1. The molecule has 3 nitrogen and oxygen atoms in total. The molecule has 118 valence electrons. The van der Waals surface area contributed by atoms with E-state index in [-0.39, 0.29) is 0 Å². The molecule has 1 aliphatic heterocycles. The van der Waals surface area contributed by atoms with Gasteiger partial charge in [-0.05, 0) is 24.3 Å². The normalized spacial score (nSPS) is 18.0. The predicted molar refractivity (Wildman–Crippen MR) is 93.8 cm³/mol. The molecule has 1 aliphatic rings. The number of carbonyl (C=O) groups is 1. The summed E-state index contributed by atoms with van der Waals surface area (Å²) in [7, 11) is 0. The van der Waals surface area contributed by atoms with Crippen molar-refractivity contribution in [3.63, 3.8) is 0 Å². The van der Waals surface area contributed by atoms with Crippen LogP contribution in [0.4, 0.5) is 0 Å². The highest BCUT2D eigenvalue weighted by atomic mass is 35.5. The Kier molecular flexibility index (Phi) is 5.84. The van der Waals surface area contributed by atoms with Crippen LogP contribution >= 0.6 is 35.0 Å². The zero-order chi connectivity index (χ0) is 16.3. The molecule has 0 radical (unpaired) electrons. The zero-order valence-corrected chi connectivity index (χ0v) is 14.6. The maximum absolute atomic E-state index is 11.7. The van der Waals surface area contributed by atoms with E-state index in [0.29, 0.717) is 26.9 Å². The molecule has 0 amide bonds. The minimum atomic E-state index is -0.954. The molecule has 2 N–H and O–H groups in total. The first-order valence-electron chi connectivity index (χ1n) is 6.89. The minimum Gasteiger partial charge on any atom is -0.478 e. The van der Waals surface area contributed by atoms with Crippen LogP contribution in [0, 0.1) is 0 Å². The molecule has 0 aromatic heterocycles. The number of allylic oxidation sites excluding steroid dienone is 2. The van der Waals surface area contributed by atoms with Gasteiger partial charge in [-0.15, -0.1) is 0 Å². The van der Waals surface area contributed by atoms with Crippen LogP contribution in [0.25, 0.3) is 0 Å². The average Bonchev–Trinajstić information content (AvgIpc) is 2.46. The molecule has 0 saturated heterocycles. The quantitative estimate of drug-likeness (QED) is 0.803. The van der Waals surface area contributed by atoms with Crippen LogP contribution in [-0.4, -0.2) is 22.6 Å². The predicted octanol–water partition coefficient (Wildman–Crippen LogP) is 4.68. The number of rotatable bonds is 5. The fourth-order valence-electron chi connectivity index (χ4n) is 2.46. The zero-order valence-electron chi connectivity index (χ0n) is 12.3. The van der Waals surface area contributed by atoms with Gasteiger partial charge in [0.05, 0.1) is 15.6 Å². The molecule has 2 rings (SSSR count). The van der Waals surface area contributed by atoms with E-state index in [1.165, 1.54) is 0 Å². The fourth-order valence-corrected chi connectivity index (χ4v) is 3.48. The second kappa shape index (κ2) is 7.44. The number of dihydropyridines is 1. The summed E-state index contributed by atoms with van der Waals surface area (Å²) in [6.45, 7) is 3.86. The minimum absolute atomic E-state index is 0.300. The van der Waals surface area contributed by atoms with Crippen molar-refractivity contribution >= 4 is 40.9 Å². The highest BCUT2D eigenvalue weighted by Crippen LogP contribution is 2.38. The molecule has 22 heavy (non-hydrogen) atoms. The lowest BCUT2D eigenvalue weighted by Crippen LogP contribution is -2.26. The Labute approximate surface area is 144 Å². The monoisotopic (exact) mass is 357 g/mol. The molecule has 1 aromatic rings. The van der Waals surface area contributed by atoms with Crippen molar-refractivity contribution in [3.8, 4) is 0 Å². The van der Waals surface area contributed by atoms with Gasteiger partial charge in [0.15, 0.2) is 0 Å². The summed E-state index contributed by atoms with van der Waals surface area (Å²) in [5.41, 5.74) is 2.65. The van der Waals surface area contributed by atoms with Crippen molar-refractivity contribution < 1.29 is 9.90 Å². The number of hydrogen-bond acceptors (Lipinski definition) is 3. The van der Waals surface area contributed by atoms with Crippen LogP contribution in [0.15, 0.2) is 41.2 Å². The first kappa shape index (κ1) is 17.3. The van der Waals surface area contributed by atoms with Gasteiger partial charge in [0.1, 0.15) is 0 Å². The second-order valence-corrected chi connectivity index (χ2v) is 6.98. The van der Waals surface area contributed by atoms with E-state index in [1.807, 2.05) is 12.1 Å². The lowest BCUT2D eigenvalue weighted by atomic mass is 9.87. The lowest BCUT2D eigenvalue weighted by Gasteiger charge is -2.26. The number of aliphatic carboxylic acids is 1. The van der Waals surface area contributed by atoms with Crippen molar-refractivity contribution in [2.24, 2.45) is 0 Å². The number of thioether (sulfide) groups is 1. The summed E-state index contributed by atoms with van der Waals surface area (Å²) >= 11 is 14.1. The van der Waals surface area contributed by atoms with Gasteiger partial charge in [-0.2, -0.15) is 11.8 Å². The van der Waals surface area contributed by atoms with Crippen LogP contribution in [0.5, 0.6) is 0 Å². The van der Waals surface area contributed by atoms with Gasteiger partial charge >= 0.3 is 5.97 Å². The van der Waals surface area contributed by atoms with Crippen molar-refractivity contribution in [3.05, 3.63) is 56.9 Å². The summed E-state index contributed by atoms with van der Waals surface area (Å²) in [6, 6.07) is 5.30. The highest BCUT2D eigenvalue weighted by Gasteiger charge is 2.29. The Morgan fingerprint density at radius 1 is 1.41 bits per heavy atom. The van der Waals surface area contributed by atoms with Gasteiger partial charge in [0.2, 0.25) is 0 Å². The second-order valence-electron chi connectivity index (χ2n) is 4.92. The van der Waals surface area contributed by atoms with Crippen molar-refractivity contribution in [1.82, 2.24) is 5.32 Å². The Bertz CT molecular complexity index is 656. The molecule has 1 aromatic carbocycles. The number of hydrogen-bond donors (Lipinski definition) is 2. The molecule has 1 atom stereocenters. The summed E-state index contributed by atoms with van der Waals surface area (Å²) in [4.78, 5) is 11.7. The van der Waals surface area contributed by atoms with E-state index in [2.05, 4.69) is 12.2 Å². The summed E-state index contributed by atoms with van der Waals surface area (Å²) in [5, 5.41) is 13.6. The van der Waals surface area contributed by atoms with Crippen molar-refractivity contribution in [1.29, 1.82) is 0 Å². The maximum atomic E-state index is 11.7. The smallest absolute Gasteiger partial charge is 0.334 e. The first-order valence-corrected chi connectivity index (χ1v) is 8.80. The molecular formula is C16H17Cl2NO2S. The Morgan fingerprint density at radius 2 is 2.14 bits per heavy atom. The Morgan fingerprint density at radius 3 is 2.77 bits per heavy atom. The first-order chi connectivity index (χ1) is 10.5. The highest BCUT2D eigenvalue weighted by molar-refractivity contribution is 7.99. The fraction of sp³-hybridized carbons (Fsp3) is 0.312. The molecule has 6 heteroatoms. The number of halogens is 2. The summed E-state index contributed by atoms with van der Waals surface area (Å²) in [6.07, 6.45) is 1.93. The SMILES string of the molecule is CCSCC1=CC(c2cccc(Cl)c2Cl)C(C(=O)O)=C(C)N1. The standard InChI is InChI=1S/C16H17Cl2NO2S/c1-3-22-8-10-7-12(14(16(20)21)9(2)19-10)11-5-4-6-13(17)15(11)18/h4-7,12,19H,3,8H2,1-2H3,(H,20,21). The van der Waals surface area contributed by atoms with Crippen LogP contribution in [0.3, 0.4) is 0 Å². The van der Waals surface area contributed by atoms with Gasteiger partial charge in [-0.25, -0.2) is 4.79 Å². The van der Waals surface area contributed by atoms with Crippen molar-refractivity contribution in [2.75, 3.05) is 11.5 Å². The van der Waals surface area contributed by atoms with Crippen LogP contribution in [-0.2, 0) is 4.79 Å². The third-order valence-corrected chi connectivity index (χ3v) is 5.20. The lowest BCUT2D eigenvalue weighted by molar-refractivity contribution is -0.133. The average molecular weight is 358 g/mol. The third kappa shape index (κ3) is 3.62. The van der Waals surface area contributed by atoms with Gasteiger partial charge in [-0.3, -0.25) is 0 Å². The Hall–Kier alpha value is -1.10. The summed E-state index contributed by atoms with van der Waals surface area (Å²) in [5.74, 6) is 0.438. The maximum Gasteiger partial charge on any atom is 0.334 e. The van der Waals surface area contributed by atoms with Gasteiger partial charge in [0.25, 0.3) is 0 Å². The topological polar surface area (TPSA) is 49.3 Å². The van der Waals surface area contributed by atoms with E-state index in [4.69, 9.17) is 23.2 Å². The Balaban J connectivity index is 2.49. The van der Waals surface area contributed by atoms with E-state index in [9.17, 15) is 9.90 Å². The summed E-state index contributed by atoms with van der Waals surface area (Å²) < 4.78 is 0. The number of nitrogens with one attached hydrogen (secondary N) is 1. The molecule has 1 heterocycles. The van der Waals surface area contributed by atoms with Gasteiger partial charge in [0, 0.05) is 23.1 Å². The molecular weight excluding hydrogens is 341 g/mol. The molecule has 0 fully saturated rings. The van der Waals surface area contributed by atoms with Crippen LogP contribution in [0.2, 0.25) is 10.0 Å². The molecule has 1 unspecified atom stereocenters. The van der Waals surface area contributed by atoms with Crippen LogP contribution < -0.4 is 5.32 Å². The van der Waals surface area contributed by atoms with Crippen LogP contribution in [0.1, 0.15) is 25.3 Å². The third-order valence-electron chi connectivity index (χ3n) is 3.44. The molecule has 0 saturated carbocycles. The van der Waals surface area contributed by atoms with E-state index >= 15 is 0 Å². The van der Waals surface area contributed by atoms with E-state index < -0.39 is 11.9 Å². The van der Waals surface area contributed by atoms with E-state index in [1.54, 1.807) is 30.8 Å². The number of carboxylic acids is 1. The number of carboxylic acid groups (broad SMARTS) is 1. The molecule has 0 bridgehead atoms. The van der Waals surface area contributed by atoms with Gasteiger partial charge < -0.3 is 10.4 Å².